The first-order valence-corrected chi connectivity index (χ1v) is 16.9. The average Bonchev–Trinajstić information content (AvgIpc) is 3.76. The Kier molecular flexibility index (Phi) is 6.25. The molecule has 3 aromatic rings. The van der Waals surface area contributed by atoms with Crippen molar-refractivity contribution in [1.82, 2.24) is 20.2 Å². The van der Waals surface area contributed by atoms with Crippen LogP contribution in [0.2, 0.25) is 5.02 Å². The molecular weight excluding hydrogens is 560 g/mol. The minimum absolute atomic E-state index is 0.145. The number of hydrogen-bond donors (Lipinski definition) is 2. The number of rotatable bonds is 5. The molecule has 6 heterocycles. The zero-order valence-electron chi connectivity index (χ0n) is 24.8. The highest BCUT2D eigenvalue weighted by molar-refractivity contribution is 6.36. The summed E-state index contributed by atoms with van der Waals surface area (Å²) in [6.45, 7) is 5.30. The minimum Gasteiger partial charge on any atom is -0.508 e. The van der Waals surface area contributed by atoms with Crippen LogP contribution in [0.4, 0.5) is 11.5 Å². The van der Waals surface area contributed by atoms with Crippen LogP contribution in [0.15, 0.2) is 30.3 Å². The molecule has 2 unspecified atom stereocenters. The smallest absolute Gasteiger partial charge is 0.318 e. The van der Waals surface area contributed by atoms with E-state index in [4.69, 9.17) is 26.3 Å². The van der Waals surface area contributed by atoms with Gasteiger partial charge in [0.05, 0.1) is 28.5 Å². The van der Waals surface area contributed by atoms with E-state index in [1.54, 1.807) is 6.07 Å². The number of ether oxygens (including phenoxy) is 1. The number of aromatic hydroxyl groups is 1. The molecule has 0 amide bonds. The van der Waals surface area contributed by atoms with Gasteiger partial charge in [0.25, 0.3) is 0 Å². The lowest BCUT2D eigenvalue weighted by Crippen LogP contribution is -2.52. The van der Waals surface area contributed by atoms with E-state index in [0.29, 0.717) is 36.3 Å². The predicted molar refractivity (Wildman–Crippen MR) is 169 cm³/mol. The molecule has 0 radical (unpaired) electrons. The molecule has 1 saturated carbocycles. The molecule has 2 aromatic carbocycles. The van der Waals surface area contributed by atoms with Gasteiger partial charge in [-0.1, -0.05) is 30.2 Å². The van der Waals surface area contributed by atoms with E-state index < -0.39 is 0 Å². The fourth-order valence-corrected chi connectivity index (χ4v) is 10.0. The maximum Gasteiger partial charge on any atom is 0.318 e. The molecule has 1 aromatic heterocycles. The summed E-state index contributed by atoms with van der Waals surface area (Å²) in [5.74, 6) is 2.15. The molecular formula is C34H41ClN6O2. The van der Waals surface area contributed by atoms with Crippen LogP contribution in [0.5, 0.6) is 11.8 Å². The van der Waals surface area contributed by atoms with Crippen molar-refractivity contribution in [3.63, 3.8) is 0 Å². The maximum absolute atomic E-state index is 10.6. The van der Waals surface area contributed by atoms with E-state index in [9.17, 15) is 5.11 Å². The van der Waals surface area contributed by atoms with Gasteiger partial charge in [0.1, 0.15) is 18.2 Å². The third-order valence-corrected chi connectivity index (χ3v) is 11.9. The van der Waals surface area contributed by atoms with Crippen molar-refractivity contribution in [3.8, 4) is 11.8 Å². The minimum atomic E-state index is 0.145. The largest absolute Gasteiger partial charge is 0.508 e. The first kappa shape index (κ1) is 26.6. The highest BCUT2D eigenvalue weighted by Gasteiger charge is 2.55. The van der Waals surface area contributed by atoms with Gasteiger partial charge in [0.15, 0.2) is 0 Å². The molecule has 9 heteroatoms. The second kappa shape index (κ2) is 10.1. The van der Waals surface area contributed by atoms with Crippen LogP contribution in [0.3, 0.4) is 0 Å². The topological polar surface area (TPSA) is 77.0 Å². The van der Waals surface area contributed by atoms with Crippen molar-refractivity contribution < 1.29 is 9.84 Å². The summed E-state index contributed by atoms with van der Waals surface area (Å²) in [5, 5.41) is 17.0. The lowest BCUT2D eigenvalue weighted by molar-refractivity contribution is 0.0829. The van der Waals surface area contributed by atoms with E-state index in [-0.39, 0.29) is 11.3 Å². The van der Waals surface area contributed by atoms with Crippen LogP contribution < -0.4 is 19.9 Å². The number of nitrogens with one attached hydrogen (secondary N) is 1. The molecule has 0 spiro atoms. The SMILES string of the molecule is Oc1cc(N2CCc3c(nc(OC[C@]45CCCN4[C@H]4CCC[C@H]4C5)nc3N3CC4CCC(C3)N4)C2)c2c(Cl)cccc2c1. The number of anilines is 2. The number of fused-ring (bicyclic) bond motifs is 7. The summed E-state index contributed by atoms with van der Waals surface area (Å²) in [5.41, 5.74) is 3.38. The van der Waals surface area contributed by atoms with Crippen LogP contribution in [0.1, 0.15) is 62.6 Å². The van der Waals surface area contributed by atoms with Crippen molar-refractivity contribution in [3.05, 3.63) is 46.6 Å². The van der Waals surface area contributed by atoms with Gasteiger partial charge in [0, 0.05) is 54.8 Å². The van der Waals surface area contributed by atoms with Crippen molar-refractivity contribution in [2.75, 3.05) is 42.6 Å². The van der Waals surface area contributed by atoms with Gasteiger partial charge in [-0.25, -0.2) is 0 Å². The molecule has 2 bridgehead atoms. The average molecular weight is 601 g/mol. The molecule has 9 rings (SSSR count). The van der Waals surface area contributed by atoms with Gasteiger partial charge in [-0.3, -0.25) is 4.90 Å². The Morgan fingerprint density at radius 1 is 1.02 bits per heavy atom. The number of aromatic nitrogens is 2. The Bertz CT molecular complexity index is 1570. The van der Waals surface area contributed by atoms with Crippen LogP contribution >= 0.6 is 11.6 Å². The summed E-state index contributed by atoms with van der Waals surface area (Å²) in [7, 11) is 0. The highest BCUT2D eigenvalue weighted by Crippen LogP contribution is 2.51. The molecule has 4 saturated heterocycles. The summed E-state index contributed by atoms with van der Waals surface area (Å²) in [6, 6.07) is 11.8. The molecule has 6 aliphatic rings. The number of hydrogen-bond acceptors (Lipinski definition) is 8. The molecule has 8 nitrogen and oxygen atoms in total. The molecule has 226 valence electrons. The number of benzene rings is 2. The fraction of sp³-hybridized carbons (Fsp3) is 0.588. The Morgan fingerprint density at radius 2 is 1.91 bits per heavy atom. The van der Waals surface area contributed by atoms with Crippen molar-refractivity contribution in [2.45, 2.75) is 88.0 Å². The van der Waals surface area contributed by atoms with Crippen LogP contribution in [0.25, 0.3) is 10.8 Å². The van der Waals surface area contributed by atoms with E-state index >= 15 is 0 Å². The van der Waals surface area contributed by atoms with Gasteiger partial charge >= 0.3 is 6.01 Å². The molecule has 5 aliphatic heterocycles. The highest BCUT2D eigenvalue weighted by atomic mass is 35.5. The number of phenolic OH excluding ortho intramolecular Hbond substituents is 1. The lowest BCUT2D eigenvalue weighted by Gasteiger charge is -2.38. The Labute approximate surface area is 258 Å². The summed E-state index contributed by atoms with van der Waals surface area (Å²) < 4.78 is 6.69. The van der Waals surface area contributed by atoms with E-state index in [1.807, 2.05) is 24.3 Å². The summed E-state index contributed by atoms with van der Waals surface area (Å²) in [6.07, 6.45) is 11.2. The zero-order chi connectivity index (χ0) is 28.7. The Hall–Kier alpha value is -2.81. The molecule has 2 N–H and O–H groups in total. The van der Waals surface area contributed by atoms with Gasteiger partial charge < -0.3 is 25.0 Å². The second-order valence-electron chi connectivity index (χ2n) is 14.0. The zero-order valence-corrected chi connectivity index (χ0v) is 25.5. The first-order valence-electron chi connectivity index (χ1n) is 16.5. The van der Waals surface area contributed by atoms with Gasteiger partial charge in [-0.2, -0.15) is 9.97 Å². The van der Waals surface area contributed by atoms with E-state index in [2.05, 4.69) is 20.0 Å². The van der Waals surface area contributed by atoms with Gasteiger partial charge in [-0.15, -0.1) is 0 Å². The Morgan fingerprint density at radius 3 is 2.79 bits per heavy atom. The van der Waals surface area contributed by atoms with Gasteiger partial charge in [0.2, 0.25) is 0 Å². The maximum atomic E-state index is 10.6. The van der Waals surface area contributed by atoms with Crippen molar-refractivity contribution in [2.24, 2.45) is 5.92 Å². The van der Waals surface area contributed by atoms with Crippen molar-refractivity contribution in [1.29, 1.82) is 0 Å². The molecule has 5 fully saturated rings. The second-order valence-corrected chi connectivity index (χ2v) is 14.5. The summed E-state index contributed by atoms with van der Waals surface area (Å²) in [4.78, 5) is 17.9. The molecule has 1 aliphatic carbocycles. The van der Waals surface area contributed by atoms with Crippen LogP contribution in [-0.4, -0.2) is 76.4 Å². The standard InChI is InChI=1S/C34H41ClN6O2/c35-27-6-1-4-21-14-25(42)15-30(31(21)27)39-13-10-26-28(19-39)37-33(38-32(26)40-17-23-8-9-24(18-40)36-23)43-20-34-11-3-12-41(34)29-7-2-5-22(29)16-34/h1,4,6,14-15,22-24,29,36,42H,2-3,5,7-13,16-20H2/t22-,23?,24?,29-,34+/m0/s1. The fourth-order valence-electron chi connectivity index (χ4n) is 9.75. The van der Waals surface area contributed by atoms with Crippen LogP contribution in [0, 0.1) is 5.92 Å². The third-order valence-electron chi connectivity index (χ3n) is 11.6. The van der Waals surface area contributed by atoms with E-state index in [0.717, 1.165) is 66.0 Å². The molecule has 5 atom stereocenters. The third kappa shape index (κ3) is 4.38. The van der Waals surface area contributed by atoms with Crippen LogP contribution in [-0.2, 0) is 13.0 Å². The summed E-state index contributed by atoms with van der Waals surface area (Å²) >= 11 is 6.73. The molecule has 43 heavy (non-hydrogen) atoms. The van der Waals surface area contributed by atoms with E-state index in [1.165, 1.54) is 63.5 Å². The monoisotopic (exact) mass is 600 g/mol. The Balaban J connectivity index is 1.06. The van der Waals surface area contributed by atoms with Crippen molar-refractivity contribution >= 4 is 33.9 Å². The number of halogens is 1. The normalized spacial score (nSPS) is 31.5. The number of piperazine rings is 1. The number of nitrogens with zero attached hydrogens (tertiary/aromatic N) is 5. The lowest BCUT2D eigenvalue weighted by atomic mass is 9.90. The number of phenols is 1. The predicted octanol–water partition coefficient (Wildman–Crippen LogP) is 5.28. The van der Waals surface area contributed by atoms with Gasteiger partial charge in [-0.05, 0) is 81.3 Å². The quantitative estimate of drug-likeness (QED) is 0.410. The first-order chi connectivity index (χ1) is 21.0.